The molecule has 0 saturated heterocycles. The number of furan rings is 1. The Bertz CT molecular complexity index is 830. The van der Waals surface area contributed by atoms with Crippen LogP contribution in [0.25, 0.3) is 0 Å². The minimum absolute atomic E-state index is 0.0682. The van der Waals surface area contributed by atoms with Crippen LogP contribution >= 0.6 is 0 Å². The topological polar surface area (TPSA) is 91.7 Å². The van der Waals surface area contributed by atoms with Crippen LogP contribution < -0.4 is 10.0 Å². The zero-order valence-electron chi connectivity index (χ0n) is 16.1. The maximum atomic E-state index is 12.3. The molecule has 1 aromatic carbocycles. The van der Waals surface area contributed by atoms with Crippen molar-refractivity contribution in [2.75, 3.05) is 7.05 Å². The van der Waals surface area contributed by atoms with Gasteiger partial charge < -0.3 is 14.6 Å². The van der Waals surface area contributed by atoms with E-state index in [-0.39, 0.29) is 23.9 Å². The van der Waals surface area contributed by atoms with Gasteiger partial charge in [0.15, 0.2) is 0 Å². The summed E-state index contributed by atoms with van der Waals surface area (Å²) in [4.78, 5) is 13.9. The van der Waals surface area contributed by atoms with Gasteiger partial charge in [0, 0.05) is 19.6 Å². The van der Waals surface area contributed by atoms with Crippen molar-refractivity contribution in [3.8, 4) is 0 Å². The summed E-state index contributed by atoms with van der Waals surface area (Å²) in [6, 6.07) is 10.2. The molecule has 2 N–H and O–H groups in total. The zero-order valence-corrected chi connectivity index (χ0v) is 16.9. The fourth-order valence-electron chi connectivity index (χ4n) is 2.57. The highest BCUT2D eigenvalue weighted by atomic mass is 32.2. The summed E-state index contributed by atoms with van der Waals surface area (Å²) < 4.78 is 31.8. The lowest BCUT2D eigenvalue weighted by Crippen LogP contribution is -2.38. The minimum atomic E-state index is -3.35. The summed E-state index contributed by atoms with van der Waals surface area (Å²) >= 11 is 0. The van der Waals surface area contributed by atoms with Crippen molar-refractivity contribution in [2.45, 2.75) is 45.2 Å². The number of rotatable bonds is 8. The van der Waals surface area contributed by atoms with Crippen molar-refractivity contribution < 1.29 is 17.6 Å². The fourth-order valence-corrected chi connectivity index (χ4v) is 4.00. The van der Waals surface area contributed by atoms with Crippen molar-refractivity contribution >= 4 is 16.1 Å². The molecule has 2 aromatic rings. The molecule has 0 fully saturated rings. The number of carbonyl (C=O) groups excluding carboxylic acids is 1. The number of nitrogens with zero attached hydrogens (tertiary/aromatic N) is 1. The quantitative estimate of drug-likeness (QED) is 0.721. The molecule has 0 aliphatic carbocycles. The summed E-state index contributed by atoms with van der Waals surface area (Å²) in [6.07, 6.45) is 1.58. The molecule has 8 heteroatoms. The third kappa shape index (κ3) is 6.41. The SMILES string of the molecule is CC(C)NS(=O)(=O)Cc1ccc(CNC(=O)N(C)C(C)c2ccco2)cc1. The van der Waals surface area contributed by atoms with E-state index in [9.17, 15) is 13.2 Å². The van der Waals surface area contributed by atoms with Crippen LogP contribution in [0.2, 0.25) is 0 Å². The van der Waals surface area contributed by atoms with Crippen LogP contribution in [-0.4, -0.2) is 32.4 Å². The van der Waals surface area contributed by atoms with E-state index in [2.05, 4.69) is 10.0 Å². The monoisotopic (exact) mass is 393 g/mol. The van der Waals surface area contributed by atoms with Crippen LogP contribution in [0, 0.1) is 0 Å². The summed E-state index contributed by atoms with van der Waals surface area (Å²) in [5.74, 6) is 0.648. The summed E-state index contributed by atoms with van der Waals surface area (Å²) in [5, 5.41) is 2.85. The number of urea groups is 1. The maximum Gasteiger partial charge on any atom is 0.318 e. The van der Waals surface area contributed by atoms with Gasteiger partial charge in [-0.3, -0.25) is 0 Å². The van der Waals surface area contributed by atoms with Crippen molar-refractivity contribution in [1.29, 1.82) is 0 Å². The first-order valence-electron chi connectivity index (χ1n) is 8.80. The maximum absolute atomic E-state index is 12.3. The Kier molecular flexibility index (Phi) is 7.04. The molecule has 0 aliphatic rings. The molecule has 1 heterocycles. The summed E-state index contributed by atoms with van der Waals surface area (Å²) in [6.45, 7) is 5.81. The molecule has 148 valence electrons. The Hall–Kier alpha value is -2.32. The van der Waals surface area contributed by atoms with E-state index in [1.54, 1.807) is 50.3 Å². The van der Waals surface area contributed by atoms with E-state index < -0.39 is 10.0 Å². The number of amides is 2. The lowest BCUT2D eigenvalue weighted by atomic mass is 10.1. The molecule has 27 heavy (non-hydrogen) atoms. The van der Waals surface area contributed by atoms with E-state index in [0.29, 0.717) is 17.9 Å². The lowest BCUT2D eigenvalue weighted by molar-refractivity contribution is 0.187. The molecule has 0 saturated carbocycles. The van der Waals surface area contributed by atoms with E-state index in [1.807, 2.05) is 25.1 Å². The Labute approximate surface area is 160 Å². The molecule has 0 aliphatic heterocycles. The Morgan fingerprint density at radius 2 is 1.74 bits per heavy atom. The van der Waals surface area contributed by atoms with Gasteiger partial charge in [0.2, 0.25) is 10.0 Å². The minimum Gasteiger partial charge on any atom is -0.467 e. The first-order chi connectivity index (χ1) is 12.7. The summed E-state index contributed by atoms with van der Waals surface area (Å²) in [5.41, 5.74) is 1.59. The number of carbonyl (C=O) groups is 1. The predicted octanol–water partition coefficient (Wildman–Crippen LogP) is 3.01. The van der Waals surface area contributed by atoms with Crippen molar-refractivity contribution in [3.05, 3.63) is 59.5 Å². The standard InChI is InChI=1S/C19H27N3O4S/c1-14(2)21-27(24,25)13-17-9-7-16(8-10-17)12-20-19(23)22(4)15(3)18-6-5-11-26-18/h5-11,14-15,21H,12-13H2,1-4H3,(H,20,23). The Balaban J connectivity index is 1.88. The number of nitrogens with one attached hydrogen (secondary N) is 2. The van der Waals surface area contributed by atoms with Crippen molar-refractivity contribution in [1.82, 2.24) is 14.9 Å². The molecule has 2 amide bonds. The van der Waals surface area contributed by atoms with Gasteiger partial charge in [-0.2, -0.15) is 0 Å². The van der Waals surface area contributed by atoms with E-state index >= 15 is 0 Å². The Morgan fingerprint density at radius 1 is 1.11 bits per heavy atom. The molecule has 1 unspecified atom stereocenters. The van der Waals surface area contributed by atoms with Crippen LogP contribution in [0.1, 0.15) is 43.7 Å². The zero-order chi connectivity index (χ0) is 20.0. The molecule has 1 atom stereocenters. The molecule has 7 nitrogen and oxygen atoms in total. The van der Waals surface area contributed by atoms with E-state index in [4.69, 9.17) is 4.42 Å². The van der Waals surface area contributed by atoms with Gasteiger partial charge in [0.25, 0.3) is 0 Å². The Morgan fingerprint density at radius 3 is 2.30 bits per heavy atom. The molecule has 0 spiro atoms. The van der Waals surface area contributed by atoms with Crippen LogP contribution in [0.5, 0.6) is 0 Å². The first kappa shape index (κ1) is 21.0. The molecule has 0 radical (unpaired) electrons. The normalized spacial score (nSPS) is 12.8. The van der Waals surface area contributed by atoms with Crippen LogP contribution in [0.3, 0.4) is 0 Å². The molecular weight excluding hydrogens is 366 g/mol. The van der Waals surface area contributed by atoms with Gasteiger partial charge in [-0.15, -0.1) is 0 Å². The lowest BCUT2D eigenvalue weighted by Gasteiger charge is -2.23. The first-order valence-corrected chi connectivity index (χ1v) is 10.4. The van der Waals surface area contributed by atoms with Crippen LogP contribution in [0.4, 0.5) is 4.79 Å². The molecule has 1 aromatic heterocycles. The van der Waals surface area contributed by atoms with Gasteiger partial charge in [0.05, 0.1) is 18.1 Å². The van der Waals surface area contributed by atoms with Crippen molar-refractivity contribution in [3.63, 3.8) is 0 Å². The average Bonchev–Trinajstić information content (AvgIpc) is 3.12. The molecule has 0 bridgehead atoms. The third-order valence-corrected chi connectivity index (χ3v) is 5.64. The van der Waals surface area contributed by atoms with Gasteiger partial charge >= 0.3 is 6.03 Å². The van der Waals surface area contributed by atoms with Crippen LogP contribution in [-0.2, 0) is 22.3 Å². The number of hydrogen-bond donors (Lipinski definition) is 2. The second-order valence-corrected chi connectivity index (χ2v) is 8.56. The number of hydrogen-bond acceptors (Lipinski definition) is 4. The third-order valence-electron chi connectivity index (χ3n) is 4.09. The van der Waals surface area contributed by atoms with Crippen molar-refractivity contribution in [2.24, 2.45) is 0 Å². The summed E-state index contributed by atoms with van der Waals surface area (Å²) in [7, 11) is -1.64. The van der Waals surface area contributed by atoms with Gasteiger partial charge in [-0.25, -0.2) is 17.9 Å². The number of sulfonamides is 1. The second-order valence-electron chi connectivity index (χ2n) is 6.81. The van der Waals surface area contributed by atoms with Gasteiger partial charge in [-0.1, -0.05) is 24.3 Å². The second kappa shape index (κ2) is 9.05. The molecule has 2 rings (SSSR count). The van der Waals surface area contributed by atoms with Crippen LogP contribution in [0.15, 0.2) is 47.1 Å². The molecular formula is C19H27N3O4S. The smallest absolute Gasteiger partial charge is 0.318 e. The largest absolute Gasteiger partial charge is 0.467 e. The van der Waals surface area contributed by atoms with Gasteiger partial charge in [0.1, 0.15) is 5.76 Å². The highest BCUT2D eigenvalue weighted by Crippen LogP contribution is 2.18. The fraction of sp³-hybridized carbons (Fsp3) is 0.421. The van der Waals surface area contributed by atoms with E-state index in [0.717, 1.165) is 5.56 Å². The highest BCUT2D eigenvalue weighted by Gasteiger charge is 2.19. The van der Waals surface area contributed by atoms with Gasteiger partial charge in [-0.05, 0) is 44.0 Å². The number of benzene rings is 1. The predicted molar refractivity (Wildman–Crippen MR) is 104 cm³/mol. The highest BCUT2D eigenvalue weighted by molar-refractivity contribution is 7.88. The van der Waals surface area contributed by atoms with E-state index in [1.165, 1.54) is 0 Å². The average molecular weight is 394 g/mol.